The van der Waals surface area contributed by atoms with Crippen molar-refractivity contribution in [3.8, 4) is 5.75 Å². The molecule has 13 heteroatoms. The summed E-state index contributed by atoms with van der Waals surface area (Å²) in [5.41, 5.74) is 9.91. The van der Waals surface area contributed by atoms with Crippen LogP contribution in [0.4, 0.5) is 11.4 Å². The molecule has 6 N–H and O–H groups in total. The number of carbonyl (C=O) groups excluding carboxylic acids is 4. The van der Waals surface area contributed by atoms with Gasteiger partial charge in [0.1, 0.15) is 17.6 Å². The minimum absolute atomic E-state index is 0.000186. The van der Waals surface area contributed by atoms with Crippen LogP contribution in [0.25, 0.3) is 5.57 Å². The van der Waals surface area contributed by atoms with Crippen LogP contribution in [0.1, 0.15) is 70.4 Å². The zero-order valence-electron chi connectivity index (χ0n) is 29.7. The number of nitrogens with two attached hydrogens (primary N) is 1. The fraction of sp³-hybridized carbons (Fsp3) is 0.350. The van der Waals surface area contributed by atoms with Gasteiger partial charge in [0.25, 0.3) is 11.8 Å². The fourth-order valence-electron chi connectivity index (χ4n) is 8.21. The number of amides is 4. The summed E-state index contributed by atoms with van der Waals surface area (Å²) >= 11 is 0. The Kier molecular flexibility index (Phi) is 9.84. The Labute approximate surface area is 308 Å². The number of benzene rings is 3. The number of fused-ring (bicyclic) bond motifs is 1. The number of phenols is 1. The van der Waals surface area contributed by atoms with Gasteiger partial charge in [0, 0.05) is 68.6 Å². The topological polar surface area (TPSA) is 187 Å². The Hall–Kier alpha value is -5.82. The summed E-state index contributed by atoms with van der Waals surface area (Å²) in [7, 11) is 1.97. The van der Waals surface area contributed by atoms with Gasteiger partial charge in [0.05, 0.1) is 22.5 Å². The minimum atomic E-state index is -0.993. The molecule has 4 aliphatic rings. The smallest absolute Gasteiger partial charge is 0.264 e. The van der Waals surface area contributed by atoms with Gasteiger partial charge < -0.3 is 30.9 Å². The number of amidine groups is 1. The van der Waals surface area contributed by atoms with Crippen LogP contribution in [0.2, 0.25) is 0 Å². The Morgan fingerprint density at radius 2 is 1.57 bits per heavy atom. The van der Waals surface area contributed by atoms with Crippen LogP contribution in [0.3, 0.4) is 0 Å². The first kappa shape index (κ1) is 35.6. The van der Waals surface area contributed by atoms with E-state index in [1.165, 1.54) is 12.1 Å². The van der Waals surface area contributed by atoms with E-state index >= 15 is 0 Å². The van der Waals surface area contributed by atoms with Crippen molar-refractivity contribution in [1.82, 2.24) is 15.1 Å². The van der Waals surface area contributed by atoms with Crippen LogP contribution in [-0.2, 0) is 9.59 Å². The highest BCUT2D eigenvalue weighted by molar-refractivity contribution is 6.27. The zero-order chi connectivity index (χ0) is 37.4. The molecule has 4 heterocycles. The molecule has 7 rings (SSSR count). The highest BCUT2D eigenvalue weighted by Gasteiger charge is 2.46. The SMILES string of the molecule is CN(c1cccc2c1C(=O)N(C1CCC(=O)NC1=O)C2=O)C1CCN(C2CCN(c3ccc(/C(=C/C(=N)c4ccccc4O)C(=N)N)cc3)CC2)CC1. The molecule has 0 saturated carbocycles. The Morgan fingerprint density at radius 1 is 0.868 bits per heavy atom. The average molecular weight is 717 g/mol. The molecule has 0 aliphatic carbocycles. The number of rotatable bonds is 9. The highest BCUT2D eigenvalue weighted by atomic mass is 16.3. The van der Waals surface area contributed by atoms with Crippen LogP contribution in [0.15, 0.2) is 72.8 Å². The van der Waals surface area contributed by atoms with E-state index in [2.05, 4.69) is 20.0 Å². The molecule has 1 atom stereocenters. The lowest BCUT2D eigenvalue weighted by Gasteiger charge is -2.44. The lowest BCUT2D eigenvalue weighted by molar-refractivity contribution is -0.136. The van der Waals surface area contributed by atoms with Crippen LogP contribution < -0.4 is 20.9 Å². The number of nitrogens with zero attached hydrogens (tertiary/aromatic N) is 4. The van der Waals surface area contributed by atoms with Gasteiger partial charge in [-0.05, 0) is 80.1 Å². The number of allylic oxidation sites excluding steroid dienone is 1. The second-order valence-electron chi connectivity index (χ2n) is 14.2. The minimum Gasteiger partial charge on any atom is -0.507 e. The van der Waals surface area contributed by atoms with Crippen LogP contribution in [0.5, 0.6) is 5.75 Å². The summed E-state index contributed by atoms with van der Waals surface area (Å²) in [6.07, 6.45) is 5.60. The molecule has 274 valence electrons. The third-order valence-corrected chi connectivity index (χ3v) is 11.2. The third-order valence-electron chi connectivity index (χ3n) is 11.2. The molecule has 0 radical (unpaired) electrons. The number of hydrogen-bond donors (Lipinski definition) is 5. The number of anilines is 2. The van der Waals surface area contributed by atoms with Crippen LogP contribution in [0, 0.1) is 10.8 Å². The van der Waals surface area contributed by atoms with Gasteiger partial charge in [-0.3, -0.25) is 34.8 Å². The van der Waals surface area contributed by atoms with Crippen molar-refractivity contribution >= 4 is 52.1 Å². The largest absolute Gasteiger partial charge is 0.507 e. The van der Waals surface area contributed by atoms with Crippen molar-refractivity contribution in [3.05, 3.63) is 95.1 Å². The molecule has 53 heavy (non-hydrogen) atoms. The van der Waals surface area contributed by atoms with E-state index in [0.717, 1.165) is 68.0 Å². The summed E-state index contributed by atoms with van der Waals surface area (Å²) in [6.45, 7) is 3.67. The van der Waals surface area contributed by atoms with E-state index in [4.69, 9.17) is 16.6 Å². The van der Waals surface area contributed by atoms with E-state index in [-0.39, 0.29) is 36.2 Å². The van der Waals surface area contributed by atoms with Crippen molar-refractivity contribution in [3.63, 3.8) is 0 Å². The van der Waals surface area contributed by atoms with E-state index in [0.29, 0.717) is 34.0 Å². The quantitative estimate of drug-likeness (QED) is 0.125. The van der Waals surface area contributed by atoms with Gasteiger partial charge in [-0.2, -0.15) is 0 Å². The number of nitrogens with one attached hydrogen (secondary N) is 3. The molecule has 4 aliphatic heterocycles. The first-order valence-electron chi connectivity index (χ1n) is 18.1. The predicted octanol–water partition coefficient (Wildman–Crippen LogP) is 3.75. The molecule has 3 fully saturated rings. The number of piperidine rings is 3. The number of aromatic hydroxyl groups is 1. The molecule has 3 aromatic rings. The van der Waals surface area contributed by atoms with E-state index < -0.39 is 29.7 Å². The molecule has 3 saturated heterocycles. The monoisotopic (exact) mass is 716 g/mol. The molecule has 13 nitrogen and oxygen atoms in total. The highest BCUT2D eigenvalue weighted by Crippen LogP contribution is 2.36. The van der Waals surface area contributed by atoms with Gasteiger partial charge in [-0.25, -0.2) is 0 Å². The molecule has 0 spiro atoms. The second-order valence-corrected chi connectivity index (χ2v) is 14.2. The summed E-state index contributed by atoms with van der Waals surface area (Å²) in [6, 6.07) is 19.5. The Bertz CT molecular complexity index is 2010. The maximum absolute atomic E-state index is 13.7. The Balaban J connectivity index is 0.940. The molecule has 3 aromatic carbocycles. The lowest BCUT2D eigenvalue weighted by Crippen LogP contribution is -2.54. The first-order valence-corrected chi connectivity index (χ1v) is 18.1. The van der Waals surface area contributed by atoms with Gasteiger partial charge >= 0.3 is 0 Å². The maximum Gasteiger partial charge on any atom is 0.264 e. The molecule has 1 unspecified atom stereocenters. The standard InChI is InChI=1S/C40H44N8O5/c1-45(32-7-4-6-29-36(32)40(53)48(39(29)52)33-13-14-35(50)44-38(33)51)25-15-19-47(20-16-25)27-17-21-46(22-18-27)26-11-9-24(10-12-26)30(37(42)43)23-31(41)28-5-2-3-8-34(28)49/h2-12,23,25,27,33,41,49H,13-22H2,1H3,(H3,42,43)(H,44,50,51)/b30-23-,41-31?. The molecular weight excluding hydrogens is 672 g/mol. The normalized spacial score (nSPS) is 20.4. The predicted molar refractivity (Wildman–Crippen MR) is 203 cm³/mol. The van der Waals surface area contributed by atoms with Crippen LogP contribution >= 0.6 is 0 Å². The summed E-state index contributed by atoms with van der Waals surface area (Å²) < 4.78 is 0. The number of para-hydroxylation sites is 1. The second kappa shape index (κ2) is 14.7. The molecule has 4 amide bonds. The van der Waals surface area contributed by atoms with Gasteiger partial charge in [0.15, 0.2) is 0 Å². The summed E-state index contributed by atoms with van der Waals surface area (Å²) in [5, 5.41) is 29.0. The Morgan fingerprint density at radius 3 is 2.23 bits per heavy atom. The van der Waals surface area contributed by atoms with E-state index in [9.17, 15) is 24.3 Å². The lowest BCUT2D eigenvalue weighted by atomic mass is 9.95. The van der Waals surface area contributed by atoms with Crippen molar-refractivity contribution in [2.75, 3.05) is 43.0 Å². The van der Waals surface area contributed by atoms with Crippen molar-refractivity contribution in [1.29, 1.82) is 10.8 Å². The number of carbonyl (C=O) groups is 4. The van der Waals surface area contributed by atoms with Crippen molar-refractivity contribution in [2.24, 2.45) is 5.73 Å². The van der Waals surface area contributed by atoms with Gasteiger partial charge in [0.2, 0.25) is 11.8 Å². The van der Waals surface area contributed by atoms with Crippen LogP contribution in [-0.4, -0.2) is 101 Å². The zero-order valence-corrected chi connectivity index (χ0v) is 29.7. The number of imide groups is 2. The van der Waals surface area contributed by atoms with Crippen molar-refractivity contribution < 1.29 is 24.3 Å². The van der Waals surface area contributed by atoms with Gasteiger partial charge in [-0.1, -0.05) is 30.3 Å². The molecule has 0 bridgehead atoms. The number of likely N-dealkylation sites (tertiary alicyclic amines) is 1. The van der Waals surface area contributed by atoms with E-state index in [1.54, 1.807) is 30.3 Å². The van der Waals surface area contributed by atoms with E-state index in [1.807, 2.05) is 37.4 Å². The third kappa shape index (κ3) is 6.91. The first-order chi connectivity index (χ1) is 25.5. The average Bonchev–Trinajstić information content (AvgIpc) is 3.42. The molecular formula is C40H44N8O5. The molecule has 0 aromatic heterocycles. The summed E-state index contributed by atoms with van der Waals surface area (Å²) in [5.74, 6) is -2.14. The summed E-state index contributed by atoms with van der Waals surface area (Å²) in [4.78, 5) is 59.4. The van der Waals surface area contributed by atoms with Gasteiger partial charge in [-0.15, -0.1) is 0 Å². The number of hydrogen-bond acceptors (Lipinski definition) is 10. The number of phenolic OH excluding ortho intramolecular Hbond substituents is 1. The fourth-order valence-corrected chi connectivity index (χ4v) is 8.21. The van der Waals surface area contributed by atoms with Crippen molar-refractivity contribution in [2.45, 2.75) is 56.7 Å². The maximum atomic E-state index is 13.7.